The molecule has 4 heteroatoms. The fourth-order valence-corrected chi connectivity index (χ4v) is 1.79. The summed E-state index contributed by atoms with van der Waals surface area (Å²) in [5, 5.41) is 8.24. The van der Waals surface area contributed by atoms with E-state index in [-0.39, 0.29) is 0 Å². The van der Waals surface area contributed by atoms with Crippen LogP contribution in [0.5, 0.6) is 0 Å². The zero-order valence-electron chi connectivity index (χ0n) is 10.8. The van der Waals surface area contributed by atoms with E-state index in [4.69, 9.17) is 5.73 Å². The van der Waals surface area contributed by atoms with Crippen LogP contribution in [-0.2, 0) is 13.1 Å². The van der Waals surface area contributed by atoms with Crippen molar-refractivity contribution in [1.82, 2.24) is 10.2 Å². The monoisotopic (exact) mass is 242 g/mol. The van der Waals surface area contributed by atoms with Crippen LogP contribution in [0.4, 0.5) is 5.82 Å². The lowest BCUT2D eigenvalue weighted by atomic mass is 10.1. The Kier molecular flexibility index (Phi) is 3.89. The fraction of sp³-hybridized carbons (Fsp3) is 0.286. The normalized spacial score (nSPS) is 10.4. The van der Waals surface area contributed by atoms with Gasteiger partial charge in [-0.05, 0) is 30.2 Å². The lowest BCUT2D eigenvalue weighted by Gasteiger charge is -2.18. The predicted octanol–water partition coefficient (Wildman–Crippen LogP) is 1.88. The van der Waals surface area contributed by atoms with Gasteiger partial charge in [0.25, 0.3) is 0 Å². The van der Waals surface area contributed by atoms with Gasteiger partial charge in [-0.15, -0.1) is 5.10 Å². The van der Waals surface area contributed by atoms with Crippen molar-refractivity contribution in [2.75, 3.05) is 11.9 Å². The molecular formula is C14H18N4. The van der Waals surface area contributed by atoms with Crippen molar-refractivity contribution in [3.8, 4) is 0 Å². The summed E-state index contributed by atoms with van der Waals surface area (Å²) in [6.45, 7) is 3.37. The molecule has 2 N–H and O–H groups in total. The number of aryl methyl sites for hydroxylation is 1. The molecule has 0 radical (unpaired) electrons. The Hall–Kier alpha value is -1.94. The van der Waals surface area contributed by atoms with Crippen molar-refractivity contribution >= 4 is 5.82 Å². The number of aromatic nitrogens is 2. The van der Waals surface area contributed by atoms with Crippen LogP contribution < -0.4 is 10.6 Å². The molecule has 0 aliphatic rings. The van der Waals surface area contributed by atoms with Crippen molar-refractivity contribution in [2.24, 2.45) is 5.73 Å². The summed E-state index contributed by atoms with van der Waals surface area (Å²) in [5.74, 6) is 0.857. The van der Waals surface area contributed by atoms with Crippen LogP contribution in [0, 0.1) is 6.92 Å². The number of nitrogens with zero attached hydrogens (tertiary/aromatic N) is 3. The second-order valence-electron chi connectivity index (χ2n) is 4.37. The highest BCUT2D eigenvalue weighted by Gasteiger charge is 2.05. The van der Waals surface area contributed by atoms with Gasteiger partial charge in [0.1, 0.15) is 0 Å². The highest BCUT2D eigenvalue weighted by atomic mass is 15.2. The van der Waals surface area contributed by atoms with E-state index < -0.39 is 0 Å². The van der Waals surface area contributed by atoms with E-state index in [1.807, 2.05) is 19.2 Å². The number of hydrogen-bond donors (Lipinski definition) is 1. The zero-order chi connectivity index (χ0) is 13.0. The highest BCUT2D eigenvalue weighted by molar-refractivity contribution is 5.39. The molecule has 0 saturated carbocycles. The first-order valence-corrected chi connectivity index (χ1v) is 5.99. The minimum Gasteiger partial charge on any atom is -0.354 e. The summed E-state index contributed by atoms with van der Waals surface area (Å²) in [4.78, 5) is 2.08. The average Bonchev–Trinajstić information content (AvgIpc) is 2.41. The molecule has 2 aromatic rings. The first-order chi connectivity index (χ1) is 8.70. The van der Waals surface area contributed by atoms with Gasteiger partial charge in [0.2, 0.25) is 0 Å². The van der Waals surface area contributed by atoms with E-state index in [1.165, 1.54) is 11.1 Å². The van der Waals surface area contributed by atoms with Crippen molar-refractivity contribution in [2.45, 2.75) is 20.0 Å². The van der Waals surface area contributed by atoms with E-state index in [2.05, 4.69) is 46.3 Å². The lowest BCUT2D eigenvalue weighted by molar-refractivity contribution is 0.833. The van der Waals surface area contributed by atoms with Gasteiger partial charge in [0.05, 0.1) is 5.69 Å². The van der Waals surface area contributed by atoms with Crippen molar-refractivity contribution in [3.63, 3.8) is 0 Å². The van der Waals surface area contributed by atoms with Crippen molar-refractivity contribution in [1.29, 1.82) is 0 Å². The highest BCUT2D eigenvalue weighted by Crippen LogP contribution is 2.14. The lowest BCUT2D eigenvalue weighted by Crippen LogP contribution is -2.19. The van der Waals surface area contributed by atoms with Crippen LogP contribution in [0.3, 0.4) is 0 Å². The Morgan fingerprint density at radius 3 is 2.50 bits per heavy atom. The van der Waals surface area contributed by atoms with Crippen molar-refractivity contribution in [3.05, 3.63) is 53.2 Å². The molecule has 18 heavy (non-hydrogen) atoms. The summed E-state index contributed by atoms with van der Waals surface area (Å²) in [6.07, 6.45) is 0. The second kappa shape index (κ2) is 5.60. The molecule has 0 aliphatic heterocycles. The third-order valence-electron chi connectivity index (χ3n) is 2.97. The summed E-state index contributed by atoms with van der Waals surface area (Å²) in [6, 6.07) is 12.2. The molecule has 0 atom stereocenters. The van der Waals surface area contributed by atoms with E-state index >= 15 is 0 Å². The SMILES string of the molecule is Cc1ccccc1CN(C)c1ccc(CN)nn1. The van der Waals surface area contributed by atoms with E-state index in [0.29, 0.717) is 6.54 Å². The number of anilines is 1. The minimum absolute atomic E-state index is 0.425. The molecule has 0 spiro atoms. The molecule has 94 valence electrons. The maximum atomic E-state index is 5.50. The van der Waals surface area contributed by atoms with Gasteiger partial charge in [0.15, 0.2) is 5.82 Å². The Morgan fingerprint density at radius 1 is 1.11 bits per heavy atom. The molecule has 0 aliphatic carbocycles. The van der Waals surface area contributed by atoms with Crippen LogP contribution in [0.15, 0.2) is 36.4 Å². The number of hydrogen-bond acceptors (Lipinski definition) is 4. The van der Waals surface area contributed by atoms with Crippen molar-refractivity contribution < 1.29 is 0 Å². The molecule has 2 rings (SSSR count). The third kappa shape index (κ3) is 2.84. The molecule has 1 aromatic carbocycles. The number of nitrogens with two attached hydrogens (primary N) is 1. The average molecular weight is 242 g/mol. The predicted molar refractivity (Wildman–Crippen MR) is 73.2 cm³/mol. The summed E-state index contributed by atoms with van der Waals surface area (Å²) in [7, 11) is 2.01. The first kappa shape index (κ1) is 12.5. The van der Waals surface area contributed by atoms with E-state index in [9.17, 15) is 0 Å². The van der Waals surface area contributed by atoms with Gasteiger partial charge in [-0.1, -0.05) is 24.3 Å². The van der Waals surface area contributed by atoms with Gasteiger partial charge in [-0.3, -0.25) is 0 Å². The molecule has 0 saturated heterocycles. The maximum absolute atomic E-state index is 5.50. The van der Waals surface area contributed by atoms with Crippen LogP contribution in [0.1, 0.15) is 16.8 Å². The number of benzene rings is 1. The molecule has 1 aromatic heterocycles. The molecule has 1 heterocycles. The summed E-state index contributed by atoms with van der Waals surface area (Å²) < 4.78 is 0. The summed E-state index contributed by atoms with van der Waals surface area (Å²) in [5.41, 5.74) is 8.90. The topological polar surface area (TPSA) is 55.0 Å². The minimum atomic E-state index is 0.425. The van der Waals surface area contributed by atoms with Crippen LogP contribution in [0.25, 0.3) is 0 Å². The Balaban J connectivity index is 2.11. The molecule has 0 fully saturated rings. The van der Waals surface area contributed by atoms with Gasteiger partial charge < -0.3 is 10.6 Å². The zero-order valence-corrected chi connectivity index (χ0v) is 10.8. The largest absolute Gasteiger partial charge is 0.354 e. The van der Waals surface area contributed by atoms with E-state index in [1.54, 1.807) is 0 Å². The Morgan fingerprint density at radius 2 is 1.89 bits per heavy atom. The van der Waals surface area contributed by atoms with Crippen LogP contribution in [-0.4, -0.2) is 17.2 Å². The third-order valence-corrected chi connectivity index (χ3v) is 2.97. The quantitative estimate of drug-likeness (QED) is 0.889. The maximum Gasteiger partial charge on any atom is 0.151 e. The summed E-state index contributed by atoms with van der Waals surface area (Å²) >= 11 is 0. The van der Waals surface area contributed by atoms with Gasteiger partial charge >= 0.3 is 0 Å². The molecule has 4 nitrogen and oxygen atoms in total. The molecule has 0 bridgehead atoms. The van der Waals surface area contributed by atoms with Crippen LogP contribution in [0.2, 0.25) is 0 Å². The van der Waals surface area contributed by atoms with Gasteiger partial charge in [-0.25, -0.2) is 0 Å². The Labute approximate surface area is 107 Å². The molecule has 0 amide bonds. The smallest absolute Gasteiger partial charge is 0.151 e. The number of rotatable bonds is 4. The van der Waals surface area contributed by atoms with Gasteiger partial charge in [-0.2, -0.15) is 5.10 Å². The standard InChI is InChI=1S/C14H18N4/c1-11-5-3-4-6-12(11)10-18(2)14-8-7-13(9-15)16-17-14/h3-8H,9-10,15H2,1-2H3. The second-order valence-corrected chi connectivity index (χ2v) is 4.37. The van der Waals surface area contributed by atoms with E-state index in [0.717, 1.165) is 18.1 Å². The Bertz CT molecular complexity index is 507. The fourth-order valence-electron chi connectivity index (χ4n) is 1.79. The molecule has 0 unspecified atom stereocenters. The van der Waals surface area contributed by atoms with Gasteiger partial charge in [0, 0.05) is 20.1 Å². The first-order valence-electron chi connectivity index (χ1n) is 5.99. The molecular weight excluding hydrogens is 224 g/mol. The van der Waals surface area contributed by atoms with Crippen LogP contribution >= 0.6 is 0 Å².